The van der Waals surface area contributed by atoms with E-state index < -0.39 is 95.2 Å². The van der Waals surface area contributed by atoms with Crippen molar-refractivity contribution in [3.05, 3.63) is 30.5 Å². The third kappa shape index (κ3) is 13.8. The van der Waals surface area contributed by atoms with Gasteiger partial charge in [-0.3, -0.25) is 24.0 Å². The highest BCUT2D eigenvalue weighted by Crippen LogP contribution is 2.41. The number of hydrogen-bond acceptors (Lipinski definition) is 17. The smallest absolute Gasteiger partial charge is 0.410 e. The number of aliphatic hydroxyl groups is 1. The minimum absolute atomic E-state index is 0.125. The van der Waals surface area contributed by atoms with E-state index >= 15 is 0 Å². The fourth-order valence-corrected chi connectivity index (χ4v) is 10.5. The number of benzene rings is 1. The number of hydrogen-bond donors (Lipinski definition) is 4. The zero-order valence-corrected chi connectivity index (χ0v) is 44.2. The number of anilines is 1. The minimum atomic E-state index is -1.38. The maximum absolute atomic E-state index is 14.6. The Hall–Kier alpha value is -4.24. The summed E-state index contributed by atoms with van der Waals surface area (Å²) >= 11 is 0. The number of nitrogens with one attached hydrogen (secondary N) is 2. The molecule has 70 heavy (non-hydrogen) atoms. The topological polar surface area (TPSA) is 231 Å². The second-order valence-electron chi connectivity index (χ2n) is 21.6. The number of nitrogens with zero attached hydrogens (tertiary/aromatic N) is 5. The number of Topliss-reactive ketones (excluding diaryl/α,β-unsaturated/α-hetero) is 1. The summed E-state index contributed by atoms with van der Waals surface area (Å²) < 4.78 is 39.5. The highest BCUT2D eigenvalue weighted by molar-refractivity contribution is 6.00. The van der Waals surface area contributed by atoms with Crippen molar-refractivity contribution in [2.45, 2.75) is 193 Å². The van der Waals surface area contributed by atoms with Gasteiger partial charge in [0.1, 0.15) is 35.5 Å². The van der Waals surface area contributed by atoms with Gasteiger partial charge >= 0.3 is 18.0 Å². The van der Waals surface area contributed by atoms with Crippen LogP contribution < -0.4 is 16.4 Å². The number of esters is 2. The number of cyclic esters (lactones) is 1. The molecule has 2 aromatic rings. The van der Waals surface area contributed by atoms with E-state index in [1.165, 1.54) is 6.92 Å². The molecular formula is C51H84N8O11. The van der Waals surface area contributed by atoms with Gasteiger partial charge in [0.15, 0.2) is 17.7 Å². The van der Waals surface area contributed by atoms with Gasteiger partial charge in [0, 0.05) is 49.5 Å². The van der Waals surface area contributed by atoms with Crippen molar-refractivity contribution in [1.82, 2.24) is 35.4 Å². The van der Waals surface area contributed by atoms with Gasteiger partial charge in [-0.25, -0.2) is 4.79 Å². The second-order valence-corrected chi connectivity index (χ2v) is 21.6. The summed E-state index contributed by atoms with van der Waals surface area (Å²) in [6.45, 7) is 21.6. The molecule has 5 N–H and O–H groups in total. The van der Waals surface area contributed by atoms with Crippen LogP contribution in [0.1, 0.15) is 115 Å². The van der Waals surface area contributed by atoms with Crippen LogP contribution in [0, 0.1) is 17.8 Å². The van der Waals surface area contributed by atoms with Crippen molar-refractivity contribution in [2.24, 2.45) is 17.8 Å². The number of ketones is 1. The predicted octanol–water partition coefficient (Wildman–Crippen LogP) is 4.97. The van der Waals surface area contributed by atoms with E-state index in [4.69, 9.17) is 34.2 Å². The number of ether oxygens (including phenoxy) is 6. The largest absolute Gasteiger partial charge is 0.459 e. The maximum Gasteiger partial charge on any atom is 0.410 e. The number of carbonyl (C=O) groups is 4. The number of aromatic nitrogens is 3. The highest BCUT2D eigenvalue weighted by Gasteiger charge is 2.59. The first-order valence-corrected chi connectivity index (χ1v) is 25.2. The van der Waals surface area contributed by atoms with Crippen molar-refractivity contribution in [3.8, 4) is 11.3 Å². The van der Waals surface area contributed by atoms with E-state index in [1.807, 2.05) is 91.0 Å². The van der Waals surface area contributed by atoms with Gasteiger partial charge in [0.05, 0.1) is 30.0 Å². The normalized spacial score (nSPS) is 33.2. The molecule has 0 radical (unpaired) electrons. The van der Waals surface area contributed by atoms with Gasteiger partial charge in [0.2, 0.25) is 0 Å². The quantitative estimate of drug-likeness (QED) is 0.0572. The second kappa shape index (κ2) is 24.0. The number of rotatable bonds is 16. The lowest BCUT2D eigenvalue weighted by Gasteiger charge is -2.46. The van der Waals surface area contributed by atoms with Crippen molar-refractivity contribution in [1.29, 1.82) is 0 Å². The zero-order chi connectivity index (χ0) is 51.9. The average Bonchev–Trinajstić information content (AvgIpc) is 3.87. The van der Waals surface area contributed by atoms with Crippen LogP contribution in [-0.2, 0) is 49.3 Å². The molecule has 19 nitrogen and oxygen atoms in total. The summed E-state index contributed by atoms with van der Waals surface area (Å²) in [5.41, 5.74) is 5.01. The fraction of sp³-hybridized carbons (Fsp3) is 0.765. The number of likely N-dealkylation sites (N-methyl/N-ethyl adjacent to an activating group) is 1. The third-order valence-electron chi connectivity index (χ3n) is 14.3. The molecule has 0 aliphatic carbocycles. The Kier molecular flexibility index (Phi) is 19.4. The SMILES string of the molecule is CC[C@H]1OC(=O)[C@H](C)C(=O)[C@H](C)[C@@H](O[C@@H]2OC(C)CC(N(C)C)C2O)[C@](C)(OC)C[C@@H](C)CN[C@H](CCN[C@H](C)C(=O)OC(C)(C)C)[C@H]2N(CCCCn3cc(-c4cccc(N)c4)nn3)C(=O)O[C@]12C. The summed E-state index contributed by atoms with van der Waals surface area (Å²) in [6.07, 6.45) is -0.101. The monoisotopic (exact) mass is 985 g/mol. The zero-order valence-electron chi connectivity index (χ0n) is 44.2. The number of unbranched alkanes of at least 4 members (excludes halogenated alkanes) is 1. The summed E-state index contributed by atoms with van der Waals surface area (Å²) in [5.74, 6) is -3.88. The van der Waals surface area contributed by atoms with Crippen LogP contribution in [0.3, 0.4) is 0 Å². The molecule has 3 aliphatic heterocycles. The van der Waals surface area contributed by atoms with Crippen LogP contribution >= 0.6 is 0 Å². The number of fused-ring (bicyclic) bond motifs is 1. The highest BCUT2D eigenvalue weighted by atomic mass is 16.7. The molecule has 4 heterocycles. The Bertz CT molecular complexity index is 2070. The van der Waals surface area contributed by atoms with E-state index in [1.54, 1.807) is 37.5 Å². The van der Waals surface area contributed by atoms with Gasteiger partial charge in [-0.15, -0.1) is 5.10 Å². The predicted molar refractivity (Wildman–Crippen MR) is 264 cm³/mol. The number of carbonyl (C=O) groups excluding carboxylic acids is 4. The molecular weight excluding hydrogens is 901 g/mol. The first-order valence-electron chi connectivity index (χ1n) is 25.2. The van der Waals surface area contributed by atoms with Gasteiger partial charge in [-0.05, 0) is 139 Å². The van der Waals surface area contributed by atoms with Crippen molar-refractivity contribution in [3.63, 3.8) is 0 Å². The molecule has 5 rings (SSSR count). The average molecular weight is 985 g/mol. The molecule has 0 bridgehead atoms. The molecule has 394 valence electrons. The van der Waals surface area contributed by atoms with E-state index in [0.29, 0.717) is 69.7 Å². The van der Waals surface area contributed by atoms with E-state index in [0.717, 1.165) is 5.56 Å². The lowest BCUT2D eigenvalue weighted by Crippen LogP contribution is -2.62. The van der Waals surface area contributed by atoms with Gasteiger partial charge < -0.3 is 54.8 Å². The van der Waals surface area contributed by atoms with Gasteiger partial charge in [0.25, 0.3) is 0 Å². The molecule has 0 saturated carbocycles. The molecule has 3 unspecified atom stereocenters. The number of nitrogen functional groups attached to an aromatic ring is 1. The number of methoxy groups -OCH3 is 1. The molecule has 3 saturated heterocycles. The molecule has 1 amide bonds. The van der Waals surface area contributed by atoms with Gasteiger partial charge in [-0.2, -0.15) is 0 Å². The Labute approximate surface area is 415 Å². The first kappa shape index (κ1) is 56.7. The molecule has 0 spiro atoms. The molecule has 3 fully saturated rings. The van der Waals surface area contributed by atoms with Crippen LogP contribution in [0.15, 0.2) is 30.5 Å². The summed E-state index contributed by atoms with van der Waals surface area (Å²) in [5, 5.41) is 27.4. The fourth-order valence-electron chi connectivity index (χ4n) is 10.5. The van der Waals surface area contributed by atoms with Crippen LogP contribution in [0.2, 0.25) is 0 Å². The van der Waals surface area contributed by atoms with Crippen LogP contribution in [-0.4, -0.2) is 166 Å². The van der Waals surface area contributed by atoms with Crippen molar-refractivity contribution < 1.29 is 52.7 Å². The van der Waals surface area contributed by atoms with Crippen LogP contribution in [0.4, 0.5) is 10.5 Å². The number of amides is 1. The number of aryl methyl sites for hydroxylation is 1. The molecule has 1 aromatic carbocycles. The first-order chi connectivity index (χ1) is 32.8. The maximum atomic E-state index is 14.6. The lowest BCUT2D eigenvalue weighted by atomic mass is 9.78. The number of nitrogens with two attached hydrogens (primary N) is 1. The molecule has 19 heteroatoms. The summed E-state index contributed by atoms with van der Waals surface area (Å²) in [6, 6.07) is 5.40. The number of aliphatic hydroxyl groups excluding tert-OH is 1. The third-order valence-corrected chi connectivity index (χ3v) is 14.3. The Balaban J connectivity index is 1.49. The molecule has 1 aromatic heterocycles. The van der Waals surface area contributed by atoms with E-state index in [2.05, 4.69) is 27.9 Å². The Morgan fingerprint density at radius 1 is 1.11 bits per heavy atom. The summed E-state index contributed by atoms with van der Waals surface area (Å²) in [7, 11) is 5.36. The van der Waals surface area contributed by atoms with Crippen LogP contribution in [0.5, 0.6) is 0 Å². The molecule has 3 aliphatic rings. The van der Waals surface area contributed by atoms with Crippen molar-refractivity contribution in [2.75, 3.05) is 46.6 Å². The standard InChI is InChI=1S/C51H84N8O11/c1-15-40-51(11)43(59(48(64)70-51)24-17-16-23-58-29-38(55-56-58)35-19-18-20-36(52)26-35)37(21-22-53-34(6)46(63)69-49(7,8)9)54-28-30(2)27-50(10,65-14)44(32(4)41(60)33(5)45(62)67-40)68-47-42(61)39(57(12)13)25-31(3)66-47/h18-20,26,29-34,37,39-40,42-44,47,53-54,61H,15-17,21-25,27-28,52H2,1-14H3/t30-,31?,32+,33-,34-,37-,39?,40-,42?,43-,44-,47+,50-,51-/m1/s1. The molecule has 14 atom stereocenters. The Morgan fingerprint density at radius 2 is 1.81 bits per heavy atom. The van der Waals surface area contributed by atoms with Crippen LogP contribution in [0.25, 0.3) is 11.3 Å². The van der Waals surface area contributed by atoms with E-state index in [9.17, 15) is 24.3 Å². The van der Waals surface area contributed by atoms with Gasteiger partial charge in [-0.1, -0.05) is 38.1 Å². The minimum Gasteiger partial charge on any atom is -0.459 e. The summed E-state index contributed by atoms with van der Waals surface area (Å²) in [4.78, 5) is 60.1. The lowest BCUT2D eigenvalue weighted by molar-refractivity contribution is -0.295. The van der Waals surface area contributed by atoms with Crippen molar-refractivity contribution >= 4 is 29.5 Å². The Morgan fingerprint density at radius 3 is 2.46 bits per heavy atom. The van der Waals surface area contributed by atoms with E-state index in [-0.39, 0.29) is 24.5 Å².